The molecule has 1 aromatic carbocycles. The van der Waals surface area contributed by atoms with Gasteiger partial charge in [-0.25, -0.2) is 0 Å². The minimum Gasteiger partial charge on any atom is -0.387 e. The number of aliphatic hydroxyl groups excluding tert-OH is 1. The maximum absolute atomic E-state index is 12.7. The average molecular weight is 301 g/mol. The lowest BCUT2D eigenvalue weighted by molar-refractivity contribution is -0.137. The van der Waals surface area contributed by atoms with Gasteiger partial charge in [-0.05, 0) is 49.9 Å². The summed E-state index contributed by atoms with van der Waals surface area (Å²) in [5, 5.41) is 10.2. The van der Waals surface area contributed by atoms with Gasteiger partial charge >= 0.3 is 6.18 Å². The van der Waals surface area contributed by atoms with Gasteiger partial charge in [-0.2, -0.15) is 13.2 Å². The van der Waals surface area contributed by atoms with Crippen LogP contribution in [0.5, 0.6) is 0 Å². The molecular formula is C16H22F3NO. The SMILES string of the molecule is CC1CCN(CC(O)c2cccc(C(F)(F)F)c2)C(C)C1. The van der Waals surface area contributed by atoms with Crippen molar-refractivity contribution in [3.05, 3.63) is 35.4 Å². The van der Waals surface area contributed by atoms with E-state index in [9.17, 15) is 18.3 Å². The Hall–Kier alpha value is -1.07. The lowest BCUT2D eigenvalue weighted by atomic mass is 9.92. The number of benzene rings is 1. The third kappa shape index (κ3) is 4.20. The number of piperidine rings is 1. The molecule has 1 aliphatic heterocycles. The number of hydrogen-bond donors (Lipinski definition) is 1. The van der Waals surface area contributed by atoms with E-state index in [-0.39, 0.29) is 0 Å². The van der Waals surface area contributed by atoms with Crippen LogP contribution in [0.1, 0.15) is 43.9 Å². The number of alkyl halides is 3. The predicted octanol–water partition coefficient (Wildman–Crippen LogP) is 3.86. The van der Waals surface area contributed by atoms with Crippen LogP contribution in [0.25, 0.3) is 0 Å². The summed E-state index contributed by atoms with van der Waals surface area (Å²) in [6.45, 7) is 5.58. The first-order chi connectivity index (χ1) is 9.77. The first kappa shape index (κ1) is 16.3. The van der Waals surface area contributed by atoms with Crippen molar-refractivity contribution in [3.8, 4) is 0 Å². The molecule has 1 aromatic rings. The fourth-order valence-corrected chi connectivity index (χ4v) is 2.98. The molecule has 0 spiro atoms. The maximum Gasteiger partial charge on any atom is 0.416 e. The Bertz CT molecular complexity index is 475. The molecule has 0 radical (unpaired) electrons. The van der Waals surface area contributed by atoms with Crippen molar-refractivity contribution in [2.75, 3.05) is 13.1 Å². The molecular weight excluding hydrogens is 279 g/mol. The van der Waals surface area contributed by atoms with Gasteiger partial charge < -0.3 is 5.11 Å². The zero-order valence-corrected chi connectivity index (χ0v) is 12.4. The summed E-state index contributed by atoms with van der Waals surface area (Å²) in [6.07, 6.45) is -3.12. The van der Waals surface area contributed by atoms with Crippen molar-refractivity contribution in [1.82, 2.24) is 4.90 Å². The standard InChI is InChI=1S/C16H22F3NO/c1-11-6-7-20(12(2)8-11)10-15(21)13-4-3-5-14(9-13)16(17,18)19/h3-5,9,11-12,15,21H,6-8,10H2,1-2H3. The number of rotatable bonds is 3. The summed E-state index contributed by atoms with van der Waals surface area (Å²) in [6, 6.07) is 5.33. The van der Waals surface area contributed by atoms with E-state index in [1.807, 2.05) is 0 Å². The zero-order chi connectivity index (χ0) is 15.6. The fraction of sp³-hybridized carbons (Fsp3) is 0.625. The molecule has 0 aliphatic carbocycles. The van der Waals surface area contributed by atoms with Gasteiger partial charge in [-0.15, -0.1) is 0 Å². The highest BCUT2D eigenvalue weighted by atomic mass is 19.4. The van der Waals surface area contributed by atoms with Crippen molar-refractivity contribution in [3.63, 3.8) is 0 Å². The smallest absolute Gasteiger partial charge is 0.387 e. The minimum absolute atomic E-state index is 0.329. The van der Waals surface area contributed by atoms with E-state index in [2.05, 4.69) is 18.7 Å². The number of halogens is 3. The van der Waals surface area contributed by atoms with Gasteiger partial charge in [0.15, 0.2) is 0 Å². The number of β-amino-alcohol motifs (C(OH)–C–C–N with tert-alkyl or cyclic N) is 1. The van der Waals surface area contributed by atoms with Crippen molar-refractivity contribution in [2.45, 2.75) is 45.0 Å². The summed E-state index contributed by atoms with van der Waals surface area (Å²) < 4.78 is 38.1. The molecule has 3 unspecified atom stereocenters. The van der Waals surface area contributed by atoms with Gasteiger partial charge in [-0.3, -0.25) is 4.90 Å². The predicted molar refractivity (Wildman–Crippen MR) is 75.8 cm³/mol. The topological polar surface area (TPSA) is 23.5 Å². The van der Waals surface area contributed by atoms with E-state index in [1.54, 1.807) is 6.07 Å². The Kier molecular flexibility index (Phi) is 4.94. The molecule has 0 amide bonds. The van der Waals surface area contributed by atoms with Crippen LogP contribution in [0.2, 0.25) is 0 Å². The lowest BCUT2D eigenvalue weighted by Crippen LogP contribution is -2.42. The summed E-state index contributed by atoms with van der Waals surface area (Å²) in [7, 11) is 0. The normalized spacial score (nSPS) is 25.8. The van der Waals surface area contributed by atoms with Crippen LogP contribution in [0.15, 0.2) is 24.3 Å². The van der Waals surface area contributed by atoms with Crippen molar-refractivity contribution >= 4 is 0 Å². The van der Waals surface area contributed by atoms with Crippen molar-refractivity contribution < 1.29 is 18.3 Å². The van der Waals surface area contributed by atoms with Crippen LogP contribution in [-0.2, 0) is 6.18 Å². The Morgan fingerprint density at radius 1 is 1.33 bits per heavy atom. The molecule has 0 aromatic heterocycles. The van der Waals surface area contributed by atoms with Gasteiger partial charge in [-0.1, -0.05) is 19.1 Å². The molecule has 1 fully saturated rings. The van der Waals surface area contributed by atoms with E-state index in [1.165, 1.54) is 6.07 Å². The van der Waals surface area contributed by atoms with Crippen LogP contribution in [-0.4, -0.2) is 29.1 Å². The summed E-state index contributed by atoms with van der Waals surface area (Å²) in [5.74, 6) is 0.668. The first-order valence-corrected chi connectivity index (χ1v) is 7.36. The van der Waals surface area contributed by atoms with E-state index in [0.717, 1.165) is 31.5 Å². The monoisotopic (exact) mass is 301 g/mol. The van der Waals surface area contributed by atoms with Crippen LogP contribution >= 0.6 is 0 Å². The van der Waals surface area contributed by atoms with Gasteiger partial charge in [0.25, 0.3) is 0 Å². The summed E-state index contributed by atoms with van der Waals surface area (Å²) in [4.78, 5) is 2.16. The van der Waals surface area contributed by atoms with E-state index >= 15 is 0 Å². The molecule has 5 heteroatoms. The Balaban J connectivity index is 2.05. The lowest BCUT2D eigenvalue weighted by Gasteiger charge is -2.37. The highest BCUT2D eigenvalue weighted by molar-refractivity contribution is 5.27. The largest absolute Gasteiger partial charge is 0.416 e. The zero-order valence-electron chi connectivity index (χ0n) is 12.4. The van der Waals surface area contributed by atoms with Gasteiger partial charge in [0.1, 0.15) is 0 Å². The highest BCUT2D eigenvalue weighted by Crippen LogP contribution is 2.31. The van der Waals surface area contributed by atoms with Crippen LogP contribution in [0.4, 0.5) is 13.2 Å². The number of aliphatic hydroxyl groups is 1. The van der Waals surface area contributed by atoms with E-state index in [0.29, 0.717) is 24.1 Å². The van der Waals surface area contributed by atoms with Crippen LogP contribution < -0.4 is 0 Å². The second-order valence-corrected chi connectivity index (χ2v) is 6.11. The molecule has 1 N–H and O–H groups in total. The summed E-state index contributed by atoms with van der Waals surface area (Å²) >= 11 is 0. The van der Waals surface area contributed by atoms with Gasteiger partial charge in [0, 0.05) is 12.6 Å². The highest BCUT2D eigenvalue weighted by Gasteiger charge is 2.31. The summed E-state index contributed by atoms with van der Waals surface area (Å²) in [5.41, 5.74) is -0.380. The molecule has 3 atom stereocenters. The van der Waals surface area contributed by atoms with Crippen LogP contribution in [0, 0.1) is 5.92 Å². The third-order valence-corrected chi connectivity index (χ3v) is 4.28. The molecule has 21 heavy (non-hydrogen) atoms. The Morgan fingerprint density at radius 3 is 2.67 bits per heavy atom. The van der Waals surface area contributed by atoms with E-state index in [4.69, 9.17) is 0 Å². The fourth-order valence-electron chi connectivity index (χ4n) is 2.98. The number of likely N-dealkylation sites (tertiary alicyclic amines) is 1. The van der Waals surface area contributed by atoms with E-state index < -0.39 is 17.8 Å². The quantitative estimate of drug-likeness (QED) is 0.916. The first-order valence-electron chi connectivity index (χ1n) is 7.36. The molecule has 2 rings (SSSR count). The Morgan fingerprint density at radius 2 is 2.05 bits per heavy atom. The molecule has 118 valence electrons. The third-order valence-electron chi connectivity index (χ3n) is 4.28. The maximum atomic E-state index is 12.7. The van der Waals surface area contributed by atoms with Crippen molar-refractivity contribution in [1.29, 1.82) is 0 Å². The average Bonchev–Trinajstić information content (AvgIpc) is 2.41. The van der Waals surface area contributed by atoms with Gasteiger partial charge in [0.05, 0.1) is 11.7 Å². The second-order valence-electron chi connectivity index (χ2n) is 6.11. The van der Waals surface area contributed by atoms with Crippen LogP contribution in [0.3, 0.4) is 0 Å². The molecule has 1 heterocycles. The second kappa shape index (κ2) is 6.36. The van der Waals surface area contributed by atoms with Crippen molar-refractivity contribution in [2.24, 2.45) is 5.92 Å². The Labute approximate surface area is 123 Å². The number of hydrogen-bond acceptors (Lipinski definition) is 2. The molecule has 1 aliphatic rings. The number of nitrogens with zero attached hydrogens (tertiary/aromatic N) is 1. The molecule has 2 nitrogen and oxygen atoms in total. The molecule has 0 saturated carbocycles. The minimum atomic E-state index is -4.37. The molecule has 1 saturated heterocycles. The van der Waals surface area contributed by atoms with Gasteiger partial charge in [0.2, 0.25) is 0 Å². The molecule has 0 bridgehead atoms.